The smallest absolute Gasteiger partial charge is 0.129 e. The molecule has 1 aromatic carbocycles. The van der Waals surface area contributed by atoms with E-state index in [1.165, 1.54) is 18.9 Å². The summed E-state index contributed by atoms with van der Waals surface area (Å²) in [5.41, 5.74) is 0.490. The maximum Gasteiger partial charge on any atom is 0.129 e. The van der Waals surface area contributed by atoms with Crippen LogP contribution in [0.15, 0.2) is 18.2 Å². The summed E-state index contributed by atoms with van der Waals surface area (Å²) in [6.07, 6.45) is 4.51. The zero-order valence-corrected chi connectivity index (χ0v) is 10.3. The van der Waals surface area contributed by atoms with Gasteiger partial charge >= 0.3 is 0 Å². The highest BCUT2D eigenvalue weighted by atomic mass is 35.5. The average Bonchev–Trinajstić information content (AvgIpc) is 2.43. The summed E-state index contributed by atoms with van der Waals surface area (Å²) < 4.78 is 13.9. The average molecular weight is 242 g/mol. The van der Waals surface area contributed by atoms with Gasteiger partial charge in [-0.1, -0.05) is 30.5 Å². The molecule has 1 atom stereocenters. The Balaban J connectivity index is 2.33. The van der Waals surface area contributed by atoms with E-state index < -0.39 is 0 Å². The van der Waals surface area contributed by atoms with Gasteiger partial charge in [0.15, 0.2) is 0 Å². The molecule has 0 bridgehead atoms. The minimum atomic E-state index is -0.245. The van der Waals surface area contributed by atoms with E-state index in [0.717, 1.165) is 24.9 Å². The standard InChI is InChI=1S/C13H17ClFN/c1-13(7-3-2-4-8-16-13)11-6-5-10(14)9-12(11)15/h5-6,9,16H,2-4,7-8H2,1H3. The van der Waals surface area contributed by atoms with E-state index in [-0.39, 0.29) is 11.4 Å². The molecule has 1 N–H and O–H groups in total. The monoisotopic (exact) mass is 241 g/mol. The quantitative estimate of drug-likeness (QED) is 0.787. The normalized spacial score (nSPS) is 26.4. The first-order chi connectivity index (χ1) is 7.62. The van der Waals surface area contributed by atoms with Crippen molar-refractivity contribution in [3.05, 3.63) is 34.6 Å². The Kier molecular flexibility index (Phi) is 3.50. The highest BCUT2D eigenvalue weighted by Crippen LogP contribution is 2.32. The molecule has 0 spiro atoms. The number of hydrogen-bond donors (Lipinski definition) is 1. The molecule has 1 saturated heterocycles. The fourth-order valence-electron chi connectivity index (χ4n) is 2.40. The molecule has 0 amide bonds. The van der Waals surface area contributed by atoms with Crippen molar-refractivity contribution in [3.63, 3.8) is 0 Å². The van der Waals surface area contributed by atoms with Gasteiger partial charge in [-0.25, -0.2) is 4.39 Å². The van der Waals surface area contributed by atoms with Crippen LogP contribution in [0.25, 0.3) is 0 Å². The van der Waals surface area contributed by atoms with E-state index in [9.17, 15) is 4.39 Å². The van der Waals surface area contributed by atoms with E-state index in [1.54, 1.807) is 12.1 Å². The van der Waals surface area contributed by atoms with Gasteiger partial charge in [0, 0.05) is 16.1 Å². The van der Waals surface area contributed by atoms with Crippen LogP contribution in [-0.4, -0.2) is 6.54 Å². The second kappa shape index (κ2) is 4.72. The van der Waals surface area contributed by atoms with Crippen LogP contribution >= 0.6 is 11.6 Å². The van der Waals surface area contributed by atoms with Gasteiger partial charge in [-0.2, -0.15) is 0 Å². The SMILES string of the molecule is CC1(c2ccc(Cl)cc2F)CCCCCN1. The number of benzene rings is 1. The summed E-state index contributed by atoms with van der Waals surface area (Å²) in [5.74, 6) is -0.204. The van der Waals surface area contributed by atoms with Gasteiger partial charge in [0.1, 0.15) is 5.82 Å². The Labute approximate surface area is 101 Å². The molecule has 88 valence electrons. The van der Waals surface area contributed by atoms with Crippen molar-refractivity contribution in [2.75, 3.05) is 6.54 Å². The molecule has 0 saturated carbocycles. The molecule has 1 heterocycles. The van der Waals surface area contributed by atoms with Crippen LogP contribution in [0, 0.1) is 5.82 Å². The number of hydrogen-bond acceptors (Lipinski definition) is 1. The summed E-state index contributed by atoms with van der Waals surface area (Å²) in [4.78, 5) is 0. The molecule has 1 aromatic rings. The van der Waals surface area contributed by atoms with Crippen LogP contribution in [0.3, 0.4) is 0 Å². The second-order valence-corrected chi connectivity index (χ2v) is 5.13. The molecule has 1 aliphatic rings. The van der Waals surface area contributed by atoms with Crippen LogP contribution in [0.1, 0.15) is 38.2 Å². The van der Waals surface area contributed by atoms with Crippen LogP contribution in [0.2, 0.25) is 5.02 Å². The summed E-state index contributed by atoms with van der Waals surface area (Å²) >= 11 is 5.77. The number of rotatable bonds is 1. The van der Waals surface area contributed by atoms with Gasteiger partial charge in [-0.15, -0.1) is 0 Å². The van der Waals surface area contributed by atoms with Gasteiger partial charge < -0.3 is 5.32 Å². The second-order valence-electron chi connectivity index (χ2n) is 4.69. The third-order valence-electron chi connectivity index (χ3n) is 3.39. The predicted octanol–water partition coefficient (Wildman–Crippen LogP) is 3.86. The minimum absolute atomic E-state index is 0.204. The molecule has 1 aliphatic heterocycles. The summed E-state index contributed by atoms with van der Waals surface area (Å²) in [6, 6.07) is 4.96. The highest BCUT2D eigenvalue weighted by Gasteiger charge is 2.29. The Morgan fingerprint density at radius 2 is 2.12 bits per heavy atom. The molecule has 1 nitrogen and oxygen atoms in total. The molecule has 0 aromatic heterocycles. The van der Waals surface area contributed by atoms with E-state index in [4.69, 9.17) is 11.6 Å². The number of nitrogens with one attached hydrogen (secondary N) is 1. The van der Waals surface area contributed by atoms with Gasteiger partial charge in [0.25, 0.3) is 0 Å². The van der Waals surface area contributed by atoms with Crippen LogP contribution < -0.4 is 5.32 Å². The largest absolute Gasteiger partial charge is 0.308 e. The molecule has 0 radical (unpaired) electrons. The topological polar surface area (TPSA) is 12.0 Å². The predicted molar refractivity (Wildman–Crippen MR) is 65.2 cm³/mol. The van der Waals surface area contributed by atoms with Gasteiger partial charge in [-0.3, -0.25) is 0 Å². The molecular weight excluding hydrogens is 225 g/mol. The summed E-state index contributed by atoms with van der Waals surface area (Å²) in [7, 11) is 0. The van der Waals surface area contributed by atoms with Crippen molar-refractivity contribution in [2.24, 2.45) is 0 Å². The van der Waals surface area contributed by atoms with E-state index in [1.807, 2.05) is 0 Å². The Bertz CT molecular complexity index is 370. The number of halogens is 2. The molecular formula is C13H17ClFN. The van der Waals surface area contributed by atoms with E-state index >= 15 is 0 Å². The van der Waals surface area contributed by atoms with Crippen LogP contribution in [0.5, 0.6) is 0 Å². The molecule has 1 unspecified atom stereocenters. The van der Waals surface area contributed by atoms with E-state index in [2.05, 4.69) is 12.2 Å². The third kappa shape index (κ3) is 2.38. The van der Waals surface area contributed by atoms with Gasteiger partial charge in [0.05, 0.1) is 0 Å². The van der Waals surface area contributed by atoms with Crippen molar-refractivity contribution >= 4 is 11.6 Å². The van der Waals surface area contributed by atoms with E-state index in [0.29, 0.717) is 5.02 Å². The highest BCUT2D eigenvalue weighted by molar-refractivity contribution is 6.30. The molecule has 0 aliphatic carbocycles. The maximum absolute atomic E-state index is 13.9. The van der Waals surface area contributed by atoms with Crippen molar-refractivity contribution in [1.82, 2.24) is 5.32 Å². The first-order valence-electron chi connectivity index (χ1n) is 5.82. The molecule has 3 heteroatoms. The lowest BCUT2D eigenvalue weighted by Gasteiger charge is -2.30. The first-order valence-corrected chi connectivity index (χ1v) is 6.20. The molecule has 2 rings (SSSR count). The fraction of sp³-hybridized carbons (Fsp3) is 0.538. The van der Waals surface area contributed by atoms with Crippen molar-refractivity contribution < 1.29 is 4.39 Å². The fourth-order valence-corrected chi connectivity index (χ4v) is 2.56. The van der Waals surface area contributed by atoms with Gasteiger partial charge in [-0.05, 0) is 38.4 Å². The Morgan fingerprint density at radius 3 is 2.88 bits per heavy atom. The maximum atomic E-state index is 13.9. The zero-order chi connectivity index (χ0) is 11.6. The summed E-state index contributed by atoms with van der Waals surface area (Å²) in [6.45, 7) is 3.03. The van der Waals surface area contributed by atoms with Crippen LogP contribution in [0.4, 0.5) is 4.39 Å². The molecule has 1 fully saturated rings. The lowest BCUT2D eigenvalue weighted by molar-refractivity contribution is 0.345. The van der Waals surface area contributed by atoms with Gasteiger partial charge in [0.2, 0.25) is 0 Å². The van der Waals surface area contributed by atoms with Crippen molar-refractivity contribution in [3.8, 4) is 0 Å². The van der Waals surface area contributed by atoms with Crippen LogP contribution in [-0.2, 0) is 5.54 Å². The zero-order valence-electron chi connectivity index (χ0n) is 9.52. The third-order valence-corrected chi connectivity index (χ3v) is 3.63. The van der Waals surface area contributed by atoms with Crippen molar-refractivity contribution in [2.45, 2.75) is 38.1 Å². The first kappa shape index (κ1) is 11.9. The lowest BCUT2D eigenvalue weighted by Crippen LogP contribution is -2.39. The Hall–Kier alpha value is -0.600. The Morgan fingerprint density at radius 1 is 1.31 bits per heavy atom. The summed E-state index contributed by atoms with van der Waals surface area (Å²) in [5, 5.41) is 3.91. The lowest BCUT2D eigenvalue weighted by atomic mass is 9.87. The van der Waals surface area contributed by atoms with Crippen molar-refractivity contribution in [1.29, 1.82) is 0 Å². The molecule has 16 heavy (non-hydrogen) atoms. The minimum Gasteiger partial charge on any atom is -0.308 e.